The highest BCUT2D eigenvalue weighted by Crippen LogP contribution is 2.29. The number of carbonyl (C=O) groups excluding carboxylic acids is 1. The third-order valence-electron chi connectivity index (χ3n) is 2.74. The molecule has 2 aromatic carbocycles. The predicted molar refractivity (Wildman–Crippen MR) is 86.2 cm³/mol. The summed E-state index contributed by atoms with van der Waals surface area (Å²) in [6, 6.07) is 11.7. The highest BCUT2D eigenvalue weighted by Gasteiger charge is 2.19. The van der Waals surface area contributed by atoms with Crippen molar-refractivity contribution in [2.24, 2.45) is 5.73 Å². The van der Waals surface area contributed by atoms with Gasteiger partial charge in [0.05, 0.1) is 15.7 Å². The van der Waals surface area contributed by atoms with Crippen molar-refractivity contribution in [3.8, 4) is 0 Å². The Morgan fingerprint density at radius 2 is 1.85 bits per heavy atom. The molecule has 2 rings (SSSR count). The number of rotatable bonds is 4. The maximum atomic E-state index is 11.7. The van der Waals surface area contributed by atoms with Crippen LogP contribution >= 0.6 is 39.1 Å². The Labute approximate surface area is 135 Å². The minimum atomic E-state index is -0.708. The smallest absolute Gasteiger partial charge is 0.244 e. The van der Waals surface area contributed by atoms with Gasteiger partial charge in [-0.3, -0.25) is 4.79 Å². The first-order valence-corrected chi connectivity index (χ1v) is 7.29. The Kier molecular flexibility index (Phi) is 4.91. The van der Waals surface area contributed by atoms with Crippen LogP contribution in [0.3, 0.4) is 0 Å². The SMILES string of the molecule is NC(=O)C(Nc1ccccc1Cl)c1ccc(Br)c(Cl)c1. The molecule has 6 heteroatoms. The van der Waals surface area contributed by atoms with Crippen molar-refractivity contribution in [2.45, 2.75) is 6.04 Å². The van der Waals surface area contributed by atoms with Crippen LogP contribution in [0.5, 0.6) is 0 Å². The zero-order chi connectivity index (χ0) is 14.7. The molecule has 0 saturated carbocycles. The van der Waals surface area contributed by atoms with E-state index in [1.54, 1.807) is 30.3 Å². The highest BCUT2D eigenvalue weighted by molar-refractivity contribution is 9.10. The van der Waals surface area contributed by atoms with Gasteiger partial charge in [0.2, 0.25) is 5.91 Å². The Balaban J connectivity index is 2.34. The van der Waals surface area contributed by atoms with Crippen LogP contribution in [0.4, 0.5) is 5.69 Å². The fraction of sp³-hybridized carbons (Fsp3) is 0.0714. The first kappa shape index (κ1) is 15.2. The zero-order valence-corrected chi connectivity index (χ0v) is 13.3. The van der Waals surface area contributed by atoms with Crippen LogP contribution in [0.15, 0.2) is 46.9 Å². The molecule has 0 bridgehead atoms. The molecule has 1 unspecified atom stereocenters. The van der Waals surface area contributed by atoms with Gasteiger partial charge in [0.25, 0.3) is 0 Å². The average molecular weight is 374 g/mol. The number of nitrogens with one attached hydrogen (secondary N) is 1. The summed E-state index contributed by atoms with van der Waals surface area (Å²) in [7, 11) is 0. The number of halogens is 3. The number of primary amides is 1. The van der Waals surface area contributed by atoms with Crippen molar-refractivity contribution in [2.75, 3.05) is 5.32 Å². The van der Waals surface area contributed by atoms with Gasteiger partial charge < -0.3 is 11.1 Å². The van der Waals surface area contributed by atoms with E-state index in [-0.39, 0.29) is 0 Å². The topological polar surface area (TPSA) is 55.1 Å². The Bertz CT molecular complexity index is 649. The Hall–Kier alpha value is -1.23. The summed E-state index contributed by atoms with van der Waals surface area (Å²) >= 11 is 15.4. The predicted octanol–water partition coefficient (Wildman–Crippen LogP) is 4.39. The molecule has 0 saturated heterocycles. The van der Waals surface area contributed by atoms with Crippen molar-refractivity contribution in [1.29, 1.82) is 0 Å². The fourth-order valence-corrected chi connectivity index (χ4v) is 2.37. The third-order valence-corrected chi connectivity index (χ3v) is 4.30. The van der Waals surface area contributed by atoms with Crippen LogP contribution in [0, 0.1) is 0 Å². The molecule has 0 radical (unpaired) electrons. The Morgan fingerprint density at radius 1 is 1.15 bits per heavy atom. The first-order chi connectivity index (χ1) is 9.49. The lowest BCUT2D eigenvalue weighted by atomic mass is 10.1. The molecule has 0 spiro atoms. The van der Waals surface area contributed by atoms with E-state index in [2.05, 4.69) is 21.2 Å². The van der Waals surface area contributed by atoms with Crippen LogP contribution in [-0.4, -0.2) is 5.91 Å². The number of nitrogens with two attached hydrogens (primary N) is 1. The first-order valence-electron chi connectivity index (χ1n) is 5.74. The molecule has 0 aliphatic rings. The van der Waals surface area contributed by atoms with Gasteiger partial charge in [-0.1, -0.05) is 41.4 Å². The average Bonchev–Trinajstić information content (AvgIpc) is 2.41. The van der Waals surface area contributed by atoms with Crippen molar-refractivity contribution < 1.29 is 4.79 Å². The third kappa shape index (κ3) is 3.45. The summed E-state index contributed by atoms with van der Waals surface area (Å²) < 4.78 is 0.754. The summed E-state index contributed by atoms with van der Waals surface area (Å²) in [6.45, 7) is 0. The molecule has 1 atom stereocenters. The van der Waals surface area contributed by atoms with Gasteiger partial charge in [-0.2, -0.15) is 0 Å². The Morgan fingerprint density at radius 3 is 2.45 bits per heavy atom. The van der Waals surface area contributed by atoms with Crippen LogP contribution in [-0.2, 0) is 4.79 Å². The number of carbonyl (C=O) groups is 1. The van der Waals surface area contributed by atoms with Gasteiger partial charge in [0.1, 0.15) is 6.04 Å². The zero-order valence-electron chi connectivity index (χ0n) is 10.2. The molecular weight excluding hydrogens is 363 g/mol. The summed E-state index contributed by atoms with van der Waals surface area (Å²) in [5.74, 6) is -0.511. The maximum Gasteiger partial charge on any atom is 0.244 e. The van der Waals surface area contributed by atoms with Gasteiger partial charge in [-0.05, 0) is 45.8 Å². The lowest BCUT2D eigenvalue weighted by molar-refractivity contribution is -0.118. The molecule has 3 nitrogen and oxygen atoms in total. The number of para-hydroxylation sites is 1. The molecular formula is C14H11BrCl2N2O. The van der Waals surface area contributed by atoms with E-state index < -0.39 is 11.9 Å². The van der Waals surface area contributed by atoms with Gasteiger partial charge >= 0.3 is 0 Å². The van der Waals surface area contributed by atoms with E-state index in [1.807, 2.05) is 12.1 Å². The van der Waals surface area contributed by atoms with E-state index >= 15 is 0 Å². The number of hydrogen-bond donors (Lipinski definition) is 2. The number of benzene rings is 2. The molecule has 20 heavy (non-hydrogen) atoms. The van der Waals surface area contributed by atoms with Gasteiger partial charge in [0, 0.05) is 4.47 Å². The van der Waals surface area contributed by atoms with Crippen molar-refractivity contribution in [1.82, 2.24) is 0 Å². The molecule has 1 amide bonds. The number of hydrogen-bond acceptors (Lipinski definition) is 2. The van der Waals surface area contributed by atoms with Crippen LogP contribution in [0.1, 0.15) is 11.6 Å². The van der Waals surface area contributed by atoms with Crippen LogP contribution in [0.2, 0.25) is 10.0 Å². The summed E-state index contributed by atoms with van der Waals surface area (Å²) in [5, 5.41) is 4.05. The summed E-state index contributed by atoms with van der Waals surface area (Å²) in [5.41, 5.74) is 6.76. The molecule has 0 fully saturated rings. The molecule has 2 aromatic rings. The summed E-state index contributed by atoms with van der Waals surface area (Å²) in [6.07, 6.45) is 0. The maximum absolute atomic E-state index is 11.7. The number of amides is 1. The molecule has 104 valence electrons. The minimum absolute atomic E-state index is 0.509. The van der Waals surface area contributed by atoms with Crippen molar-refractivity contribution >= 4 is 50.7 Å². The summed E-state index contributed by atoms with van der Waals surface area (Å²) in [4.78, 5) is 11.7. The fourth-order valence-electron chi connectivity index (χ4n) is 1.74. The lowest BCUT2D eigenvalue weighted by Crippen LogP contribution is -2.27. The highest BCUT2D eigenvalue weighted by atomic mass is 79.9. The molecule has 0 aliphatic carbocycles. The molecule has 3 N–H and O–H groups in total. The number of anilines is 1. The van der Waals surface area contributed by atoms with E-state index in [0.717, 1.165) is 4.47 Å². The molecule has 0 heterocycles. The van der Waals surface area contributed by atoms with E-state index in [1.165, 1.54) is 0 Å². The van der Waals surface area contributed by atoms with E-state index in [9.17, 15) is 4.79 Å². The quantitative estimate of drug-likeness (QED) is 0.834. The minimum Gasteiger partial charge on any atom is -0.369 e. The van der Waals surface area contributed by atoms with Gasteiger partial charge in [0.15, 0.2) is 0 Å². The van der Waals surface area contributed by atoms with Gasteiger partial charge in [-0.15, -0.1) is 0 Å². The monoisotopic (exact) mass is 372 g/mol. The second-order valence-electron chi connectivity index (χ2n) is 4.13. The van der Waals surface area contributed by atoms with Crippen LogP contribution < -0.4 is 11.1 Å². The normalized spacial score (nSPS) is 11.9. The van der Waals surface area contributed by atoms with Crippen molar-refractivity contribution in [3.05, 3.63) is 62.5 Å². The largest absolute Gasteiger partial charge is 0.369 e. The lowest BCUT2D eigenvalue weighted by Gasteiger charge is -2.18. The van der Waals surface area contributed by atoms with E-state index in [0.29, 0.717) is 21.3 Å². The van der Waals surface area contributed by atoms with Crippen molar-refractivity contribution in [3.63, 3.8) is 0 Å². The second-order valence-corrected chi connectivity index (χ2v) is 5.80. The van der Waals surface area contributed by atoms with Gasteiger partial charge in [-0.25, -0.2) is 0 Å². The van der Waals surface area contributed by atoms with Crippen LogP contribution in [0.25, 0.3) is 0 Å². The van der Waals surface area contributed by atoms with E-state index in [4.69, 9.17) is 28.9 Å². The standard InChI is InChI=1S/C14H11BrCl2N2O/c15-9-6-5-8(7-11(9)17)13(14(18)20)19-12-4-2-1-3-10(12)16/h1-7,13,19H,(H2,18,20). The molecule has 0 aromatic heterocycles. The second kappa shape index (κ2) is 6.48. The molecule has 0 aliphatic heterocycles.